The summed E-state index contributed by atoms with van der Waals surface area (Å²) in [6, 6.07) is 5.13. The number of benzene rings is 2. The van der Waals surface area contributed by atoms with Crippen LogP contribution in [-0.2, 0) is 4.74 Å². The van der Waals surface area contributed by atoms with Gasteiger partial charge in [-0.25, -0.2) is 13.2 Å². The lowest BCUT2D eigenvalue weighted by Gasteiger charge is -2.16. The fourth-order valence-electron chi connectivity index (χ4n) is 1.82. The van der Waals surface area contributed by atoms with Crippen LogP contribution < -0.4 is 15.8 Å². The number of methoxy groups -OCH3 is 1. The first kappa shape index (κ1) is 17.7. The van der Waals surface area contributed by atoms with E-state index in [0.29, 0.717) is 3.57 Å². The molecule has 0 bridgehead atoms. The lowest BCUT2D eigenvalue weighted by atomic mass is 10.2. The molecule has 0 spiro atoms. The smallest absolute Gasteiger partial charge is 0.184 e. The van der Waals surface area contributed by atoms with Gasteiger partial charge in [-0.2, -0.15) is 0 Å². The first-order valence-electron chi connectivity index (χ1n) is 6.55. The van der Waals surface area contributed by atoms with Gasteiger partial charge in [0.1, 0.15) is 29.5 Å². The monoisotopic (exact) mass is 438 g/mol. The Kier molecular flexibility index (Phi) is 5.94. The highest BCUT2D eigenvalue weighted by Crippen LogP contribution is 2.36. The fourth-order valence-corrected chi connectivity index (χ4v) is 2.27. The SMILES string of the molecule is COCCOc1cc(F)c(F)c(Nc2ccc(I)cc2F)c1N. The number of nitrogen functional groups attached to an aromatic ring is 1. The van der Waals surface area contributed by atoms with Crippen LogP contribution in [0.4, 0.5) is 30.2 Å². The van der Waals surface area contributed by atoms with Crippen molar-refractivity contribution in [1.82, 2.24) is 0 Å². The van der Waals surface area contributed by atoms with Gasteiger partial charge in [-0.1, -0.05) is 0 Å². The second-order valence-corrected chi connectivity index (χ2v) is 5.80. The molecule has 4 nitrogen and oxygen atoms in total. The van der Waals surface area contributed by atoms with E-state index in [0.717, 1.165) is 6.07 Å². The third kappa shape index (κ3) is 4.20. The number of hydrogen-bond donors (Lipinski definition) is 2. The van der Waals surface area contributed by atoms with Gasteiger partial charge in [0.25, 0.3) is 0 Å². The third-order valence-corrected chi connectivity index (χ3v) is 3.63. The summed E-state index contributed by atoms with van der Waals surface area (Å²) in [4.78, 5) is 0. The summed E-state index contributed by atoms with van der Waals surface area (Å²) in [5.74, 6) is -3.02. The summed E-state index contributed by atoms with van der Waals surface area (Å²) < 4.78 is 52.3. The number of anilines is 3. The lowest BCUT2D eigenvalue weighted by molar-refractivity contribution is 0.146. The van der Waals surface area contributed by atoms with Crippen molar-refractivity contribution in [2.45, 2.75) is 0 Å². The Hall–Kier alpha value is -1.68. The summed E-state index contributed by atoms with van der Waals surface area (Å²) in [5, 5.41) is 2.48. The van der Waals surface area contributed by atoms with Gasteiger partial charge in [0.05, 0.1) is 12.3 Å². The second kappa shape index (κ2) is 7.73. The molecule has 2 aromatic rings. The minimum absolute atomic E-state index is 0.0237. The summed E-state index contributed by atoms with van der Waals surface area (Å²) in [5.41, 5.74) is 5.25. The van der Waals surface area contributed by atoms with E-state index in [9.17, 15) is 13.2 Å². The van der Waals surface area contributed by atoms with Gasteiger partial charge in [-0.05, 0) is 40.8 Å². The zero-order valence-electron chi connectivity index (χ0n) is 12.1. The van der Waals surface area contributed by atoms with Crippen LogP contribution in [0, 0.1) is 21.0 Å². The minimum atomic E-state index is -1.21. The molecule has 0 fully saturated rings. The van der Waals surface area contributed by atoms with Crippen LogP contribution in [0.25, 0.3) is 0 Å². The minimum Gasteiger partial charge on any atom is -0.489 e. The Labute approximate surface area is 144 Å². The molecule has 0 unspecified atom stereocenters. The molecule has 0 saturated carbocycles. The Bertz CT molecular complexity index is 714. The average molecular weight is 438 g/mol. The van der Waals surface area contributed by atoms with Crippen molar-refractivity contribution in [3.8, 4) is 5.75 Å². The molecule has 124 valence electrons. The summed E-state index contributed by atoms with van der Waals surface area (Å²) >= 11 is 1.94. The normalized spacial score (nSPS) is 10.7. The predicted octanol–water partition coefficient (Wildman–Crippen LogP) is 4.06. The van der Waals surface area contributed by atoms with Crippen LogP contribution in [0.3, 0.4) is 0 Å². The Morgan fingerprint density at radius 1 is 1.13 bits per heavy atom. The number of halogens is 4. The Balaban J connectivity index is 2.36. The highest BCUT2D eigenvalue weighted by atomic mass is 127. The van der Waals surface area contributed by atoms with Crippen molar-refractivity contribution >= 4 is 39.7 Å². The van der Waals surface area contributed by atoms with Crippen molar-refractivity contribution in [1.29, 1.82) is 0 Å². The molecule has 0 aliphatic rings. The summed E-state index contributed by atoms with van der Waals surface area (Å²) in [7, 11) is 1.48. The first-order chi connectivity index (χ1) is 10.9. The fraction of sp³-hybridized carbons (Fsp3) is 0.200. The van der Waals surface area contributed by atoms with Crippen molar-refractivity contribution in [3.05, 3.63) is 45.3 Å². The van der Waals surface area contributed by atoms with Crippen LogP contribution >= 0.6 is 22.6 Å². The Morgan fingerprint density at radius 2 is 1.87 bits per heavy atom. The largest absolute Gasteiger partial charge is 0.489 e. The van der Waals surface area contributed by atoms with Gasteiger partial charge in [0.15, 0.2) is 11.6 Å². The molecule has 2 aromatic carbocycles. The van der Waals surface area contributed by atoms with Gasteiger partial charge >= 0.3 is 0 Å². The van der Waals surface area contributed by atoms with E-state index < -0.39 is 17.5 Å². The van der Waals surface area contributed by atoms with Crippen LogP contribution in [0.1, 0.15) is 0 Å². The molecular formula is C15H14F3IN2O2. The molecule has 2 rings (SSSR count). The number of ether oxygens (including phenoxy) is 2. The maximum Gasteiger partial charge on any atom is 0.184 e. The van der Waals surface area contributed by atoms with E-state index in [1.807, 2.05) is 22.6 Å². The van der Waals surface area contributed by atoms with Crippen LogP contribution in [0.5, 0.6) is 5.75 Å². The van der Waals surface area contributed by atoms with Crippen LogP contribution in [0.2, 0.25) is 0 Å². The maximum absolute atomic E-state index is 14.0. The van der Waals surface area contributed by atoms with Crippen molar-refractivity contribution < 1.29 is 22.6 Å². The van der Waals surface area contributed by atoms with E-state index in [1.165, 1.54) is 19.2 Å². The van der Waals surface area contributed by atoms with E-state index in [1.54, 1.807) is 6.07 Å². The molecule has 0 amide bonds. The number of nitrogens with one attached hydrogen (secondary N) is 1. The summed E-state index contributed by atoms with van der Waals surface area (Å²) in [6.45, 7) is 0.371. The van der Waals surface area contributed by atoms with Crippen molar-refractivity contribution in [2.24, 2.45) is 0 Å². The highest BCUT2D eigenvalue weighted by Gasteiger charge is 2.19. The zero-order chi connectivity index (χ0) is 17.0. The molecular weight excluding hydrogens is 424 g/mol. The van der Waals surface area contributed by atoms with Gasteiger partial charge in [0, 0.05) is 16.7 Å². The lowest BCUT2D eigenvalue weighted by Crippen LogP contribution is -2.09. The molecule has 0 atom stereocenters. The van der Waals surface area contributed by atoms with Gasteiger partial charge in [-0.3, -0.25) is 0 Å². The molecule has 0 saturated heterocycles. The molecule has 8 heteroatoms. The molecule has 0 aromatic heterocycles. The standard InChI is InChI=1S/C15H14F3IN2O2/c1-22-4-5-23-12-7-10(17)13(18)15(14(12)20)21-11-3-2-8(19)6-9(11)16/h2-3,6-7,21H,4-5,20H2,1H3. The van der Waals surface area contributed by atoms with Crippen LogP contribution in [-0.4, -0.2) is 20.3 Å². The second-order valence-electron chi connectivity index (χ2n) is 4.55. The molecule has 0 aliphatic heterocycles. The van der Waals surface area contributed by atoms with Crippen LogP contribution in [0.15, 0.2) is 24.3 Å². The molecule has 23 heavy (non-hydrogen) atoms. The van der Waals surface area contributed by atoms with E-state index >= 15 is 0 Å². The van der Waals surface area contributed by atoms with Gasteiger partial charge in [-0.15, -0.1) is 0 Å². The first-order valence-corrected chi connectivity index (χ1v) is 7.63. The highest BCUT2D eigenvalue weighted by molar-refractivity contribution is 14.1. The molecule has 0 heterocycles. The number of hydrogen-bond acceptors (Lipinski definition) is 4. The topological polar surface area (TPSA) is 56.5 Å². The molecule has 0 radical (unpaired) electrons. The van der Waals surface area contributed by atoms with E-state index in [2.05, 4.69) is 5.32 Å². The zero-order valence-corrected chi connectivity index (χ0v) is 14.3. The third-order valence-electron chi connectivity index (χ3n) is 2.96. The van der Waals surface area contributed by atoms with E-state index in [-0.39, 0.29) is 36.0 Å². The number of nitrogens with two attached hydrogens (primary N) is 1. The van der Waals surface area contributed by atoms with Crippen molar-refractivity contribution in [2.75, 3.05) is 31.4 Å². The van der Waals surface area contributed by atoms with Gasteiger partial charge in [0.2, 0.25) is 0 Å². The molecule has 0 aliphatic carbocycles. The van der Waals surface area contributed by atoms with Gasteiger partial charge < -0.3 is 20.5 Å². The van der Waals surface area contributed by atoms with Crippen molar-refractivity contribution in [3.63, 3.8) is 0 Å². The summed E-state index contributed by atoms with van der Waals surface area (Å²) in [6.07, 6.45) is 0. The van der Waals surface area contributed by atoms with E-state index in [4.69, 9.17) is 15.2 Å². The predicted molar refractivity (Wildman–Crippen MR) is 90.5 cm³/mol. The maximum atomic E-state index is 14.0. The number of rotatable bonds is 6. The quantitative estimate of drug-likeness (QED) is 0.406. The average Bonchev–Trinajstić information content (AvgIpc) is 2.51. The Morgan fingerprint density at radius 3 is 2.52 bits per heavy atom. The molecule has 3 N–H and O–H groups in total.